The third-order valence-electron chi connectivity index (χ3n) is 2.55. The van der Waals surface area contributed by atoms with Crippen LogP contribution in [0.4, 0.5) is 5.69 Å². The molecule has 3 heteroatoms. The van der Waals surface area contributed by atoms with Crippen LogP contribution in [0.5, 0.6) is 0 Å². The number of carbonyl (C=O) groups is 1. The van der Waals surface area contributed by atoms with Gasteiger partial charge in [0.1, 0.15) is 0 Å². The maximum atomic E-state index is 11.9. The third-order valence-corrected chi connectivity index (χ3v) is 3.64. The SMILES string of the molecule is Cc1cc(C(=O)CSC(C)C)ccc1N(C)C. The Morgan fingerprint density at radius 1 is 1.35 bits per heavy atom. The van der Waals surface area contributed by atoms with Crippen molar-refractivity contribution in [1.82, 2.24) is 0 Å². The molecule has 1 aromatic rings. The van der Waals surface area contributed by atoms with Crippen LogP contribution in [0, 0.1) is 6.92 Å². The summed E-state index contributed by atoms with van der Waals surface area (Å²) in [6.45, 7) is 6.26. The number of ketones is 1. The highest BCUT2D eigenvalue weighted by Crippen LogP contribution is 2.20. The van der Waals surface area contributed by atoms with Gasteiger partial charge in [0.15, 0.2) is 5.78 Å². The molecule has 0 saturated heterocycles. The molecule has 17 heavy (non-hydrogen) atoms. The molecule has 0 bridgehead atoms. The molecule has 0 aliphatic heterocycles. The maximum Gasteiger partial charge on any atom is 0.172 e. The van der Waals surface area contributed by atoms with Gasteiger partial charge in [-0.1, -0.05) is 13.8 Å². The summed E-state index contributed by atoms with van der Waals surface area (Å²) in [6, 6.07) is 5.92. The molecule has 0 spiro atoms. The van der Waals surface area contributed by atoms with E-state index in [9.17, 15) is 4.79 Å². The number of anilines is 1. The lowest BCUT2D eigenvalue weighted by Gasteiger charge is -2.16. The van der Waals surface area contributed by atoms with Gasteiger partial charge in [-0.3, -0.25) is 4.79 Å². The summed E-state index contributed by atoms with van der Waals surface area (Å²) in [5, 5.41) is 0.501. The average Bonchev–Trinajstić information content (AvgIpc) is 2.25. The summed E-state index contributed by atoms with van der Waals surface area (Å²) in [6.07, 6.45) is 0. The first kappa shape index (κ1) is 14.1. The number of rotatable bonds is 5. The molecule has 94 valence electrons. The first-order valence-corrected chi connectivity index (χ1v) is 6.89. The van der Waals surface area contributed by atoms with Crippen LogP contribution in [-0.4, -0.2) is 30.9 Å². The minimum atomic E-state index is 0.220. The monoisotopic (exact) mass is 251 g/mol. The fourth-order valence-electron chi connectivity index (χ4n) is 1.66. The van der Waals surface area contributed by atoms with E-state index < -0.39 is 0 Å². The molecule has 0 aromatic heterocycles. The van der Waals surface area contributed by atoms with Gasteiger partial charge in [-0.15, -0.1) is 0 Å². The highest BCUT2D eigenvalue weighted by atomic mass is 32.2. The molecule has 0 unspecified atom stereocenters. The molecule has 0 fully saturated rings. The zero-order valence-electron chi connectivity index (χ0n) is 11.3. The van der Waals surface area contributed by atoms with Crippen molar-refractivity contribution < 1.29 is 4.79 Å². The molecule has 1 rings (SSSR count). The molecule has 0 aliphatic rings. The van der Waals surface area contributed by atoms with E-state index in [-0.39, 0.29) is 5.78 Å². The van der Waals surface area contributed by atoms with E-state index in [0.29, 0.717) is 11.0 Å². The minimum absolute atomic E-state index is 0.220. The Labute approximate surface area is 108 Å². The normalized spacial score (nSPS) is 10.7. The van der Waals surface area contributed by atoms with E-state index in [1.54, 1.807) is 11.8 Å². The standard InChI is InChI=1S/C14H21NOS/c1-10(2)17-9-14(16)12-6-7-13(15(4)5)11(3)8-12/h6-8,10H,9H2,1-5H3. The summed E-state index contributed by atoms with van der Waals surface area (Å²) in [4.78, 5) is 14.0. The number of thioether (sulfide) groups is 1. The Morgan fingerprint density at radius 3 is 2.47 bits per heavy atom. The van der Waals surface area contributed by atoms with Gasteiger partial charge >= 0.3 is 0 Å². The zero-order chi connectivity index (χ0) is 13.0. The molecule has 2 nitrogen and oxygen atoms in total. The predicted molar refractivity (Wildman–Crippen MR) is 77.4 cm³/mol. The molecule has 0 atom stereocenters. The minimum Gasteiger partial charge on any atom is -0.377 e. The number of benzene rings is 1. The molecule has 0 aliphatic carbocycles. The Kier molecular flexibility index (Phi) is 5.06. The lowest BCUT2D eigenvalue weighted by Crippen LogP contribution is -2.11. The van der Waals surface area contributed by atoms with Crippen LogP contribution in [0.1, 0.15) is 29.8 Å². The van der Waals surface area contributed by atoms with Crippen LogP contribution in [0.3, 0.4) is 0 Å². The van der Waals surface area contributed by atoms with Crippen molar-refractivity contribution in [2.45, 2.75) is 26.0 Å². The van der Waals surface area contributed by atoms with Crippen LogP contribution >= 0.6 is 11.8 Å². The van der Waals surface area contributed by atoms with Gasteiger partial charge in [-0.2, -0.15) is 11.8 Å². The van der Waals surface area contributed by atoms with Crippen molar-refractivity contribution >= 4 is 23.2 Å². The molecule has 0 radical (unpaired) electrons. The molecule has 0 heterocycles. The van der Waals surface area contributed by atoms with Crippen molar-refractivity contribution in [3.8, 4) is 0 Å². The highest BCUT2D eigenvalue weighted by molar-refractivity contribution is 8.00. The number of Topliss-reactive ketones (excluding diaryl/α,β-unsaturated/α-hetero) is 1. The zero-order valence-corrected chi connectivity index (χ0v) is 12.1. The first-order chi connectivity index (χ1) is 7.91. The van der Waals surface area contributed by atoms with Gasteiger partial charge in [-0.25, -0.2) is 0 Å². The predicted octanol–water partition coefficient (Wildman–Crippen LogP) is 3.39. The summed E-state index contributed by atoms with van der Waals surface area (Å²) in [5.74, 6) is 0.787. The largest absolute Gasteiger partial charge is 0.377 e. The second-order valence-corrected chi connectivity index (χ2v) is 6.24. The highest BCUT2D eigenvalue weighted by Gasteiger charge is 2.09. The third kappa shape index (κ3) is 4.08. The Bertz CT molecular complexity index is 399. The fraction of sp³-hybridized carbons (Fsp3) is 0.500. The summed E-state index contributed by atoms with van der Waals surface area (Å²) < 4.78 is 0. The quantitative estimate of drug-likeness (QED) is 0.748. The number of nitrogens with zero attached hydrogens (tertiary/aromatic N) is 1. The van der Waals surface area contributed by atoms with Crippen molar-refractivity contribution in [3.05, 3.63) is 29.3 Å². The maximum absolute atomic E-state index is 11.9. The number of aryl methyl sites for hydroxylation is 1. The average molecular weight is 251 g/mol. The van der Waals surface area contributed by atoms with Gasteiger partial charge in [0.2, 0.25) is 0 Å². The number of hydrogen-bond acceptors (Lipinski definition) is 3. The van der Waals surface area contributed by atoms with Crippen molar-refractivity contribution in [2.24, 2.45) is 0 Å². The van der Waals surface area contributed by atoms with Crippen LogP contribution in [0.15, 0.2) is 18.2 Å². The van der Waals surface area contributed by atoms with E-state index in [1.807, 2.05) is 39.2 Å². The van der Waals surface area contributed by atoms with Crippen LogP contribution < -0.4 is 4.90 Å². The van der Waals surface area contributed by atoms with Crippen molar-refractivity contribution in [2.75, 3.05) is 24.7 Å². The van der Waals surface area contributed by atoms with Gasteiger partial charge in [-0.05, 0) is 35.9 Å². The Balaban J connectivity index is 2.79. The van der Waals surface area contributed by atoms with Gasteiger partial charge in [0, 0.05) is 25.3 Å². The van der Waals surface area contributed by atoms with E-state index >= 15 is 0 Å². The molecular formula is C14H21NOS. The molecule has 0 saturated carbocycles. The van der Waals surface area contributed by atoms with Crippen LogP contribution in [0.25, 0.3) is 0 Å². The summed E-state index contributed by atoms with van der Waals surface area (Å²) in [5.41, 5.74) is 3.13. The molecule has 1 aromatic carbocycles. The summed E-state index contributed by atoms with van der Waals surface area (Å²) >= 11 is 1.69. The molecule has 0 N–H and O–H groups in total. The smallest absolute Gasteiger partial charge is 0.172 e. The fourth-order valence-corrected chi connectivity index (χ4v) is 2.31. The Hall–Kier alpha value is -0.960. The van der Waals surface area contributed by atoms with E-state index in [0.717, 1.165) is 16.8 Å². The lowest BCUT2D eigenvalue weighted by atomic mass is 10.1. The number of carbonyl (C=O) groups excluding carboxylic acids is 1. The van der Waals surface area contributed by atoms with Crippen molar-refractivity contribution in [3.63, 3.8) is 0 Å². The van der Waals surface area contributed by atoms with Gasteiger partial charge in [0.05, 0.1) is 5.75 Å². The van der Waals surface area contributed by atoms with Gasteiger partial charge in [0.25, 0.3) is 0 Å². The molecule has 0 amide bonds. The lowest BCUT2D eigenvalue weighted by molar-refractivity contribution is 0.102. The van der Waals surface area contributed by atoms with Crippen LogP contribution in [-0.2, 0) is 0 Å². The van der Waals surface area contributed by atoms with Crippen molar-refractivity contribution in [1.29, 1.82) is 0 Å². The number of hydrogen-bond donors (Lipinski definition) is 0. The second kappa shape index (κ2) is 6.10. The topological polar surface area (TPSA) is 20.3 Å². The Morgan fingerprint density at radius 2 is 2.00 bits per heavy atom. The summed E-state index contributed by atoms with van der Waals surface area (Å²) in [7, 11) is 4.02. The van der Waals surface area contributed by atoms with Gasteiger partial charge < -0.3 is 4.90 Å². The van der Waals surface area contributed by atoms with Crippen LogP contribution in [0.2, 0.25) is 0 Å². The molecular weight excluding hydrogens is 230 g/mol. The van der Waals surface area contributed by atoms with E-state index in [2.05, 4.69) is 18.7 Å². The first-order valence-electron chi connectivity index (χ1n) is 5.84. The van der Waals surface area contributed by atoms with E-state index in [1.165, 1.54) is 0 Å². The second-order valence-electron chi connectivity index (χ2n) is 4.68. The van der Waals surface area contributed by atoms with E-state index in [4.69, 9.17) is 0 Å².